The van der Waals surface area contributed by atoms with Gasteiger partial charge in [0.15, 0.2) is 0 Å². The second kappa shape index (κ2) is 6.46. The van der Waals surface area contributed by atoms with Gasteiger partial charge in [-0.05, 0) is 35.9 Å². The van der Waals surface area contributed by atoms with E-state index in [9.17, 15) is 0 Å². The zero-order valence-corrected chi connectivity index (χ0v) is 13.0. The highest BCUT2D eigenvalue weighted by Gasteiger charge is 2.24. The first kappa shape index (κ1) is 14.3. The second-order valence-corrected chi connectivity index (χ2v) is 5.51. The van der Waals surface area contributed by atoms with E-state index >= 15 is 0 Å². The number of hydrazone groups is 1. The van der Waals surface area contributed by atoms with E-state index in [-0.39, 0.29) is 5.92 Å². The van der Waals surface area contributed by atoms with E-state index in [0.29, 0.717) is 0 Å². The minimum atomic E-state index is 0.0272. The highest BCUT2D eigenvalue weighted by atomic mass is 15.3. The molecule has 1 aromatic carbocycles. The van der Waals surface area contributed by atoms with Gasteiger partial charge >= 0.3 is 0 Å². The highest BCUT2D eigenvalue weighted by Crippen LogP contribution is 2.28. The number of rotatable bonds is 3. The molecule has 1 atom stereocenters. The summed E-state index contributed by atoms with van der Waals surface area (Å²) >= 11 is 0. The second-order valence-electron chi connectivity index (χ2n) is 5.51. The quantitative estimate of drug-likeness (QED) is 0.804. The summed E-state index contributed by atoms with van der Waals surface area (Å²) in [7, 11) is 0. The van der Waals surface area contributed by atoms with Crippen molar-refractivity contribution in [2.75, 3.05) is 0 Å². The van der Waals surface area contributed by atoms with Gasteiger partial charge in [0, 0.05) is 12.4 Å². The molecule has 1 N–H and O–H groups in total. The topological polar surface area (TPSA) is 50.2 Å². The van der Waals surface area contributed by atoms with Crippen LogP contribution in [0, 0.1) is 0 Å². The molecule has 24 heavy (non-hydrogen) atoms. The number of benzene rings is 1. The zero-order valence-electron chi connectivity index (χ0n) is 13.0. The smallest absolute Gasteiger partial charge is 0.0976 e. The Morgan fingerprint density at radius 1 is 0.708 bits per heavy atom. The van der Waals surface area contributed by atoms with Crippen molar-refractivity contribution in [2.24, 2.45) is 5.10 Å². The first-order chi connectivity index (χ1) is 11.9. The van der Waals surface area contributed by atoms with Gasteiger partial charge in [-0.3, -0.25) is 15.4 Å². The Balaban J connectivity index is 1.78. The molecule has 0 spiro atoms. The molecule has 4 nitrogen and oxygen atoms in total. The lowest BCUT2D eigenvalue weighted by molar-refractivity contribution is 0.909. The number of allylic oxidation sites excluding steroid dienone is 1. The molecule has 116 valence electrons. The maximum Gasteiger partial charge on any atom is 0.0976 e. The van der Waals surface area contributed by atoms with Crippen molar-refractivity contribution >= 4 is 11.4 Å². The van der Waals surface area contributed by atoms with Gasteiger partial charge < -0.3 is 0 Å². The third-order valence-electron chi connectivity index (χ3n) is 3.95. The molecular weight excluding hydrogens is 296 g/mol. The summed E-state index contributed by atoms with van der Waals surface area (Å²) in [5.74, 6) is 0.0272. The van der Waals surface area contributed by atoms with Gasteiger partial charge in [-0.15, -0.1) is 0 Å². The number of nitrogens with zero attached hydrogens (tertiary/aromatic N) is 3. The molecule has 0 bridgehead atoms. The molecular formula is C20H16N4. The summed E-state index contributed by atoms with van der Waals surface area (Å²) in [5, 5.41) is 4.61. The normalized spacial score (nSPS) is 16.8. The van der Waals surface area contributed by atoms with E-state index in [2.05, 4.69) is 38.7 Å². The van der Waals surface area contributed by atoms with Crippen molar-refractivity contribution in [1.82, 2.24) is 15.4 Å². The van der Waals surface area contributed by atoms with E-state index in [1.165, 1.54) is 5.56 Å². The average Bonchev–Trinajstić information content (AvgIpc) is 2.69. The summed E-state index contributed by atoms with van der Waals surface area (Å²) in [5.41, 5.74) is 7.87. The third-order valence-corrected chi connectivity index (χ3v) is 3.95. The molecule has 0 aliphatic carbocycles. The van der Waals surface area contributed by atoms with Crippen LogP contribution in [0.3, 0.4) is 0 Å². The SMILES string of the molecule is C1=C(c2ccccn2)NN=C(c2ccccn2)C1c1ccccc1. The van der Waals surface area contributed by atoms with E-state index in [0.717, 1.165) is 22.8 Å². The fraction of sp³-hybridized carbons (Fsp3) is 0.0500. The molecule has 0 amide bonds. The Morgan fingerprint density at radius 3 is 2.04 bits per heavy atom. The fourth-order valence-electron chi connectivity index (χ4n) is 2.78. The Morgan fingerprint density at radius 2 is 1.38 bits per heavy atom. The predicted molar refractivity (Wildman–Crippen MR) is 95.3 cm³/mol. The van der Waals surface area contributed by atoms with Crippen molar-refractivity contribution in [2.45, 2.75) is 5.92 Å². The van der Waals surface area contributed by atoms with Crippen LogP contribution in [0.2, 0.25) is 0 Å². The Bertz CT molecular complexity index is 871. The first-order valence-corrected chi connectivity index (χ1v) is 7.85. The Labute approximate surface area is 140 Å². The standard InChI is InChI=1S/C20H16N4/c1-2-8-15(9-3-1)16-14-19(17-10-4-6-12-21-17)23-24-20(16)18-11-5-7-13-22-18/h1-14,16,23H. The van der Waals surface area contributed by atoms with Gasteiger partial charge in [0.1, 0.15) is 0 Å². The largest absolute Gasteiger partial charge is 0.276 e. The van der Waals surface area contributed by atoms with Crippen molar-refractivity contribution in [3.63, 3.8) is 0 Å². The summed E-state index contributed by atoms with van der Waals surface area (Å²) in [6, 6.07) is 22.1. The molecule has 3 aromatic rings. The van der Waals surface area contributed by atoms with Crippen LogP contribution in [0.25, 0.3) is 5.70 Å². The molecule has 0 saturated carbocycles. The maximum absolute atomic E-state index is 4.61. The summed E-state index contributed by atoms with van der Waals surface area (Å²) in [6.07, 6.45) is 5.74. The Kier molecular flexibility index (Phi) is 3.86. The lowest BCUT2D eigenvalue weighted by Crippen LogP contribution is -2.24. The van der Waals surface area contributed by atoms with Crippen LogP contribution >= 0.6 is 0 Å². The van der Waals surface area contributed by atoms with Crippen LogP contribution in [-0.4, -0.2) is 15.7 Å². The molecule has 1 aliphatic rings. The monoisotopic (exact) mass is 312 g/mol. The van der Waals surface area contributed by atoms with Crippen LogP contribution in [0.4, 0.5) is 0 Å². The number of nitrogens with one attached hydrogen (secondary N) is 1. The predicted octanol–water partition coefficient (Wildman–Crippen LogP) is 3.61. The lowest BCUT2D eigenvalue weighted by Gasteiger charge is -2.22. The molecule has 1 unspecified atom stereocenters. The number of aromatic nitrogens is 2. The maximum atomic E-state index is 4.61. The molecule has 1 aliphatic heterocycles. The number of hydrogen-bond donors (Lipinski definition) is 1. The van der Waals surface area contributed by atoms with Crippen molar-refractivity contribution < 1.29 is 0 Å². The zero-order chi connectivity index (χ0) is 16.2. The lowest BCUT2D eigenvalue weighted by atomic mass is 9.90. The molecule has 4 heteroatoms. The third kappa shape index (κ3) is 2.82. The Hall–Kier alpha value is -3.27. The average molecular weight is 312 g/mol. The fourth-order valence-corrected chi connectivity index (χ4v) is 2.78. The molecule has 4 rings (SSSR count). The number of pyridine rings is 2. The van der Waals surface area contributed by atoms with E-state index < -0.39 is 0 Å². The van der Waals surface area contributed by atoms with Gasteiger partial charge in [0.05, 0.1) is 28.7 Å². The van der Waals surface area contributed by atoms with E-state index in [1.54, 1.807) is 12.4 Å². The summed E-state index contributed by atoms with van der Waals surface area (Å²) in [4.78, 5) is 8.87. The van der Waals surface area contributed by atoms with E-state index in [1.807, 2.05) is 54.6 Å². The molecule has 3 heterocycles. The van der Waals surface area contributed by atoms with Gasteiger partial charge in [0.25, 0.3) is 0 Å². The van der Waals surface area contributed by atoms with Gasteiger partial charge in [-0.1, -0.05) is 42.5 Å². The molecule has 2 aromatic heterocycles. The van der Waals surface area contributed by atoms with Gasteiger partial charge in [-0.2, -0.15) is 5.10 Å². The van der Waals surface area contributed by atoms with Crippen LogP contribution in [0.1, 0.15) is 22.9 Å². The van der Waals surface area contributed by atoms with Crippen LogP contribution in [0.5, 0.6) is 0 Å². The van der Waals surface area contributed by atoms with Crippen molar-refractivity contribution in [3.05, 3.63) is 102 Å². The molecule has 0 radical (unpaired) electrons. The van der Waals surface area contributed by atoms with Crippen LogP contribution in [0.15, 0.2) is 90.3 Å². The summed E-state index contributed by atoms with van der Waals surface area (Å²) < 4.78 is 0. The van der Waals surface area contributed by atoms with Gasteiger partial charge in [-0.25, -0.2) is 0 Å². The molecule has 0 fully saturated rings. The number of hydrogen-bond acceptors (Lipinski definition) is 4. The van der Waals surface area contributed by atoms with Crippen LogP contribution < -0.4 is 5.43 Å². The van der Waals surface area contributed by atoms with Gasteiger partial charge in [0.2, 0.25) is 0 Å². The van der Waals surface area contributed by atoms with E-state index in [4.69, 9.17) is 0 Å². The minimum absolute atomic E-state index is 0.0272. The minimum Gasteiger partial charge on any atom is -0.276 e. The first-order valence-electron chi connectivity index (χ1n) is 7.85. The summed E-state index contributed by atoms with van der Waals surface area (Å²) in [6.45, 7) is 0. The molecule has 0 saturated heterocycles. The van der Waals surface area contributed by atoms with Crippen molar-refractivity contribution in [3.8, 4) is 0 Å². The van der Waals surface area contributed by atoms with Crippen LogP contribution in [-0.2, 0) is 0 Å². The highest BCUT2D eigenvalue weighted by molar-refractivity contribution is 6.06. The van der Waals surface area contributed by atoms with Crippen molar-refractivity contribution in [1.29, 1.82) is 0 Å².